The SMILES string of the molecule is OC12CC3(c4ccccc4)CC(c4ccccc4)(C1)CC(C14CC5(O)CC(c6ccccc6)(CC(c6ccccc6)(C5)C1)C4)(C2)C3. The lowest BCUT2D eigenvalue weighted by atomic mass is 9.25. The molecule has 0 saturated heterocycles. The molecular formula is C44H46O2. The molecule has 4 unspecified atom stereocenters. The van der Waals surface area contributed by atoms with Gasteiger partial charge < -0.3 is 10.2 Å². The van der Waals surface area contributed by atoms with E-state index in [1.54, 1.807) is 0 Å². The second-order valence-electron chi connectivity index (χ2n) is 17.7. The van der Waals surface area contributed by atoms with Crippen molar-refractivity contribution in [2.24, 2.45) is 10.8 Å². The molecule has 8 aliphatic carbocycles. The summed E-state index contributed by atoms with van der Waals surface area (Å²) in [5.41, 5.74) is 3.77. The molecule has 8 saturated carbocycles. The number of hydrogen-bond donors (Lipinski definition) is 2. The number of aliphatic hydroxyl groups is 2. The maximum Gasteiger partial charge on any atom is 0.0670 e. The van der Waals surface area contributed by atoms with Crippen molar-refractivity contribution >= 4 is 0 Å². The zero-order valence-corrected chi connectivity index (χ0v) is 26.9. The average Bonchev–Trinajstić information content (AvgIpc) is 3.04. The molecule has 2 nitrogen and oxygen atoms in total. The smallest absolute Gasteiger partial charge is 0.0670 e. The van der Waals surface area contributed by atoms with Gasteiger partial charge >= 0.3 is 0 Å². The second kappa shape index (κ2) is 8.82. The molecule has 234 valence electrons. The lowest BCUT2D eigenvalue weighted by Crippen LogP contribution is -2.76. The molecule has 0 aromatic heterocycles. The molecule has 2 heteroatoms. The Morgan fingerprint density at radius 3 is 0.761 bits per heavy atom. The summed E-state index contributed by atoms with van der Waals surface area (Å²) in [6.45, 7) is 0. The van der Waals surface area contributed by atoms with Gasteiger partial charge in [-0.15, -0.1) is 0 Å². The van der Waals surface area contributed by atoms with Crippen LogP contribution < -0.4 is 0 Å². The minimum atomic E-state index is -0.716. The van der Waals surface area contributed by atoms with Crippen LogP contribution >= 0.6 is 0 Å². The molecule has 0 spiro atoms. The predicted octanol–water partition coefficient (Wildman–Crippen LogP) is 8.94. The Kier molecular flexibility index (Phi) is 5.35. The highest BCUT2D eigenvalue weighted by Crippen LogP contribution is 2.83. The third-order valence-electron chi connectivity index (χ3n) is 14.7. The van der Waals surface area contributed by atoms with Crippen LogP contribution in [-0.4, -0.2) is 21.4 Å². The summed E-state index contributed by atoms with van der Waals surface area (Å²) in [7, 11) is 0. The lowest BCUT2D eigenvalue weighted by molar-refractivity contribution is -0.285. The minimum absolute atomic E-state index is 0.0719. The van der Waals surface area contributed by atoms with Crippen LogP contribution in [0.1, 0.15) is 99.3 Å². The first-order valence-corrected chi connectivity index (χ1v) is 17.8. The molecular weight excluding hydrogens is 560 g/mol. The van der Waals surface area contributed by atoms with Gasteiger partial charge in [0.1, 0.15) is 0 Å². The molecule has 4 aromatic carbocycles. The first kappa shape index (κ1) is 27.9. The Hall–Kier alpha value is -3.20. The van der Waals surface area contributed by atoms with E-state index in [1.807, 2.05) is 0 Å². The van der Waals surface area contributed by atoms with E-state index in [9.17, 15) is 10.2 Å². The molecule has 0 aliphatic heterocycles. The molecule has 12 rings (SSSR count). The van der Waals surface area contributed by atoms with Crippen LogP contribution in [0.25, 0.3) is 0 Å². The van der Waals surface area contributed by atoms with Gasteiger partial charge in [0.2, 0.25) is 0 Å². The Labute approximate surface area is 273 Å². The summed E-state index contributed by atoms with van der Waals surface area (Å²) in [5.74, 6) is 0. The fraction of sp³-hybridized carbons (Fsp3) is 0.455. The monoisotopic (exact) mass is 606 g/mol. The van der Waals surface area contributed by atoms with Gasteiger partial charge in [-0.3, -0.25) is 0 Å². The van der Waals surface area contributed by atoms with Crippen LogP contribution in [0.3, 0.4) is 0 Å². The van der Waals surface area contributed by atoms with E-state index in [4.69, 9.17) is 0 Å². The molecule has 46 heavy (non-hydrogen) atoms. The molecule has 0 radical (unpaired) electrons. The van der Waals surface area contributed by atoms with E-state index in [1.165, 1.54) is 22.3 Å². The van der Waals surface area contributed by atoms with Crippen LogP contribution in [0.4, 0.5) is 0 Å². The van der Waals surface area contributed by atoms with Gasteiger partial charge in [0.25, 0.3) is 0 Å². The van der Waals surface area contributed by atoms with Crippen molar-refractivity contribution in [3.8, 4) is 0 Å². The average molecular weight is 607 g/mol. The van der Waals surface area contributed by atoms with E-state index in [2.05, 4.69) is 121 Å². The minimum Gasteiger partial charge on any atom is -0.390 e. The molecule has 2 N–H and O–H groups in total. The van der Waals surface area contributed by atoms with Crippen molar-refractivity contribution in [2.45, 2.75) is 110 Å². The number of benzene rings is 4. The Morgan fingerprint density at radius 2 is 0.522 bits per heavy atom. The summed E-state index contributed by atoms with van der Waals surface area (Å²) in [6, 6.07) is 45.1. The predicted molar refractivity (Wildman–Crippen MR) is 183 cm³/mol. The fourth-order valence-electron chi connectivity index (χ4n) is 14.7. The van der Waals surface area contributed by atoms with E-state index < -0.39 is 11.2 Å². The Bertz CT molecular complexity index is 1550. The molecule has 4 atom stereocenters. The van der Waals surface area contributed by atoms with E-state index >= 15 is 0 Å². The second-order valence-corrected chi connectivity index (χ2v) is 17.7. The van der Waals surface area contributed by atoms with Crippen LogP contribution in [0.5, 0.6) is 0 Å². The van der Waals surface area contributed by atoms with Crippen molar-refractivity contribution in [1.29, 1.82) is 0 Å². The van der Waals surface area contributed by atoms with Crippen LogP contribution in [-0.2, 0) is 21.7 Å². The third kappa shape index (κ3) is 3.61. The molecule has 8 aliphatic rings. The van der Waals surface area contributed by atoms with Gasteiger partial charge in [-0.05, 0) is 132 Å². The first-order valence-electron chi connectivity index (χ1n) is 17.8. The highest BCUT2D eigenvalue weighted by molar-refractivity contribution is 5.46. The summed E-state index contributed by atoms with van der Waals surface area (Å²) in [5, 5.41) is 26.0. The third-order valence-corrected chi connectivity index (χ3v) is 14.7. The van der Waals surface area contributed by atoms with Crippen molar-refractivity contribution in [3.63, 3.8) is 0 Å². The van der Waals surface area contributed by atoms with Crippen molar-refractivity contribution in [3.05, 3.63) is 144 Å². The van der Waals surface area contributed by atoms with Crippen LogP contribution in [0, 0.1) is 10.8 Å². The molecule has 4 aromatic rings. The largest absolute Gasteiger partial charge is 0.390 e. The highest BCUT2D eigenvalue weighted by Gasteiger charge is 2.78. The maximum atomic E-state index is 13.0. The summed E-state index contributed by atoms with van der Waals surface area (Å²) < 4.78 is 0. The normalized spacial score (nSPS) is 44.8. The first-order chi connectivity index (χ1) is 22.2. The van der Waals surface area contributed by atoms with Gasteiger partial charge in [-0.25, -0.2) is 0 Å². The van der Waals surface area contributed by atoms with E-state index in [0.717, 1.165) is 77.0 Å². The topological polar surface area (TPSA) is 40.5 Å². The molecule has 0 heterocycles. The van der Waals surface area contributed by atoms with Crippen LogP contribution in [0.2, 0.25) is 0 Å². The zero-order valence-electron chi connectivity index (χ0n) is 26.9. The Morgan fingerprint density at radius 1 is 0.283 bits per heavy atom. The quantitative estimate of drug-likeness (QED) is 0.238. The van der Waals surface area contributed by atoms with Gasteiger partial charge in [0.15, 0.2) is 0 Å². The summed E-state index contributed by atoms with van der Waals surface area (Å²) >= 11 is 0. The lowest BCUT2D eigenvalue weighted by Gasteiger charge is -2.79. The Balaban J connectivity index is 1.23. The number of hydrogen-bond acceptors (Lipinski definition) is 2. The van der Waals surface area contributed by atoms with Crippen molar-refractivity contribution in [2.75, 3.05) is 0 Å². The van der Waals surface area contributed by atoms with Crippen molar-refractivity contribution in [1.82, 2.24) is 0 Å². The van der Waals surface area contributed by atoms with Gasteiger partial charge in [0, 0.05) is 0 Å². The van der Waals surface area contributed by atoms with Crippen LogP contribution in [0.15, 0.2) is 121 Å². The fourth-order valence-corrected chi connectivity index (χ4v) is 14.7. The maximum absolute atomic E-state index is 13.0. The van der Waals surface area contributed by atoms with Gasteiger partial charge in [-0.1, -0.05) is 121 Å². The van der Waals surface area contributed by atoms with E-state index in [0.29, 0.717) is 0 Å². The number of rotatable bonds is 5. The van der Waals surface area contributed by atoms with Crippen molar-refractivity contribution < 1.29 is 10.2 Å². The molecule has 8 bridgehead atoms. The summed E-state index contributed by atoms with van der Waals surface area (Å²) in [6.07, 6.45) is 11.8. The molecule has 0 amide bonds. The van der Waals surface area contributed by atoms with E-state index in [-0.39, 0.29) is 32.5 Å². The van der Waals surface area contributed by atoms with Gasteiger partial charge in [-0.2, -0.15) is 0 Å². The standard InChI is InChI=1S/C44H46O2/c45-43-27-37(33-13-5-1-6-14-33)21-38(28-43,34-15-7-2-8-16-34)24-41(23-37,31-43)42-25-39(35-17-9-3-10-18-35)22-40(26-42,30-44(46,29-39)32-42)36-19-11-4-12-20-36/h1-20,45-46H,21-32H2. The molecule has 8 fully saturated rings. The summed E-state index contributed by atoms with van der Waals surface area (Å²) in [4.78, 5) is 0. The van der Waals surface area contributed by atoms with Gasteiger partial charge in [0.05, 0.1) is 11.2 Å². The highest BCUT2D eigenvalue weighted by atomic mass is 16.3. The zero-order chi connectivity index (χ0) is 30.9.